The van der Waals surface area contributed by atoms with Gasteiger partial charge in [-0.2, -0.15) is 0 Å². The Balaban J connectivity index is 2.13. The normalized spacial score (nSPS) is 20.0. The van der Waals surface area contributed by atoms with Crippen molar-refractivity contribution < 1.29 is 19.4 Å². The number of ether oxygens (including phenoxy) is 2. The summed E-state index contributed by atoms with van der Waals surface area (Å²) in [4.78, 5) is 13.8. The summed E-state index contributed by atoms with van der Waals surface area (Å²) >= 11 is 0. The Hall–Kier alpha value is -1.59. The molecule has 1 atom stereocenters. The molecule has 1 saturated heterocycles. The predicted molar refractivity (Wildman–Crippen MR) is 66.8 cm³/mol. The molecule has 1 aromatic carbocycles. The SMILES string of the molecule is COc1ccc(N2CCOC(CCO)C2=O)cc1. The van der Waals surface area contributed by atoms with Crippen LogP contribution in [0.5, 0.6) is 5.75 Å². The van der Waals surface area contributed by atoms with Gasteiger partial charge in [-0.15, -0.1) is 0 Å². The van der Waals surface area contributed by atoms with E-state index >= 15 is 0 Å². The van der Waals surface area contributed by atoms with Crippen molar-refractivity contribution in [2.75, 3.05) is 31.8 Å². The topological polar surface area (TPSA) is 59.0 Å². The van der Waals surface area contributed by atoms with Crippen molar-refractivity contribution in [3.05, 3.63) is 24.3 Å². The molecule has 0 radical (unpaired) electrons. The molecule has 5 heteroatoms. The number of morpholine rings is 1. The molecule has 5 nitrogen and oxygen atoms in total. The average molecular weight is 251 g/mol. The number of amides is 1. The maximum atomic E-state index is 12.1. The molecule has 1 aromatic rings. The highest BCUT2D eigenvalue weighted by molar-refractivity contribution is 5.97. The highest BCUT2D eigenvalue weighted by atomic mass is 16.5. The number of carbonyl (C=O) groups is 1. The van der Waals surface area contributed by atoms with E-state index in [0.29, 0.717) is 19.6 Å². The zero-order valence-electron chi connectivity index (χ0n) is 10.3. The van der Waals surface area contributed by atoms with Gasteiger partial charge in [0.1, 0.15) is 11.9 Å². The molecule has 98 valence electrons. The summed E-state index contributed by atoms with van der Waals surface area (Å²) in [5, 5.41) is 8.89. The maximum absolute atomic E-state index is 12.1. The van der Waals surface area contributed by atoms with E-state index in [1.54, 1.807) is 12.0 Å². The minimum Gasteiger partial charge on any atom is -0.497 e. The summed E-state index contributed by atoms with van der Waals surface area (Å²) in [5.41, 5.74) is 0.826. The van der Waals surface area contributed by atoms with Crippen molar-refractivity contribution in [3.8, 4) is 5.75 Å². The van der Waals surface area contributed by atoms with Gasteiger partial charge < -0.3 is 19.5 Å². The van der Waals surface area contributed by atoms with Crippen LogP contribution in [-0.2, 0) is 9.53 Å². The zero-order chi connectivity index (χ0) is 13.0. The third-order valence-corrected chi connectivity index (χ3v) is 2.95. The number of hydrogen-bond acceptors (Lipinski definition) is 4. The molecular formula is C13H17NO4. The fraction of sp³-hybridized carbons (Fsp3) is 0.462. The van der Waals surface area contributed by atoms with Crippen molar-refractivity contribution >= 4 is 11.6 Å². The van der Waals surface area contributed by atoms with Crippen LogP contribution in [0.4, 0.5) is 5.69 Å². The van der Waals surface area contributed by atoms with Crippen LogP contribution in [0.1, 0.15) is 6.42 Å². The average Bonchev–Trinajstić information content (AvgIpc) is 2.42. The standard InChI is InChI=1S/C13H17NO4/c1-17-11-4-2-10(3-5-11)14-7-9-18-12(6-8-15)13(14)16/h2-5,12,15H,6-9H2,1H3. The van der Waals surface area contributed by atoms with Crippen LogP contribution < -0.4 is 9.64 Å². The number of aliphatic hydroxyl groups is 1. The summed E-state index contributed by atoms with van der Waals surface area (Å²) < 4.78 is 10.4. The largest absolute Gasteiger partial charge is 0.497 e. The van der Waals surface area contributed by atoms with Crippen LogP contribution in [0, 0.1) is 0 Å². The van der Waals surface area contributed by atoms with Crippen molar-refractivity contribution in [1.29, 1.82) is 0 Å². The minimum atomic E-state index is -0.536. The van der Waals surface area contributed by atoms with Crippen molar-refractivity contribution in [1.82, 2.24) is 0 Å². The molecule has 1 N–H and O–H groups in total. The molecule has 0 spiro atoms. The van der Waals surface area contributed by atoms with Gasteiger partial charge in [-0.1, -0.05) is 0 Å². The van der Waals surface area contributed by atoms with Crippen molar-refractivity contribution in [3.63, 3.8) is 0 Å². The lowest BCUT2D eigenvalue weighted by molar-refractivity contribution is -0.134. The van der Waals surface area contributed by atoms with Crippen molar-refractivity contribution in [2.24, 2.45) is 0 Å². The summed E-state index contributed by atoms with van der Waals surface area (Å²) in [7, 11) is 1.60. The van der Waals surface area contributed by atoms with E-state index in [2.05, 4.69) is 0 Å². The summed E-state index contributed by atoms with van der Waals surface area (Å²) in [6.07, 6.45) is -0.197. The Bertz CT molecular complexity index is 402. The molecule has 0 saturated carbocycles. The number of aliphatic hydroxyl groups excluding tert-OH is 1. The molecule has 1 unspecified atom stereocenters. The van der Waals surface area contributed by atoms with Gasteiger partial charge in [0.25, 0.3) is 5.91 Å². The summed E-state index contributed by atoms with van der Waals surface area (Å²) in [5.74, 6) is 0.659. The summed E-state index contributed by atoms with van der Waals surface area (Å²) in [6, 6.07) is 7.33. The molecule has 0 aromatic heterocycles. The first-order valence-corrected chi connectivity index (χ1v) is 5.94. The van der Waals surface area contributed by atoms with Crippen LogP contribution in [-0.4, -0.2) is 44.0 Å². The zero-order valence-corrected chi connectivity index (χ0v) is 10.3. The fourth-order valence-corrected chi connectivity index (χ4v) is 1.98. The van der Waals surface area contributed by atoms with Gasteiger partial charge in [-0.3, -0.25) is 4.79 Å². The van der Waals surface area contributed by atoms with E-state index in [0.717, 1.165) is 11.4 Å². The Labute approximate surface area is 106 Å². The van der Waals surface area contributed by atoms with E-state index in [9.17, 15) is 4.79 Å². The number of anilines is 1. The smallest absolute Gasteiger partial charge is 0.256 e. The Morgan fingerprint density at radius 2 is 2.17 bits per heavy atom. The number of methoxy groups -OCH3 is 1. The van der Waals surface area contributed by atoms with E-state index in [1.807, 2.05) is 24.3 Å². The van der Waals surface area contributed by atoms with Crippen LogP contribution in [0.3, 0.4) is 0 Å². The van der Waals surface area contributed by atoms with E-state index < -0.39 is 6.10 Å². The number of nitrogens with zero attached hydrogens (tertiary/aromatic N) is 1. The molecule has 0 aliphatic carbocycles. The van der Waals surface area contributed by atoms with E-state index in [-0.39, 0.29) is 12.5 Å². The first kappa shape index (κ1) is 12.9. The van der Waals surface area contributed by atoms with Crippen molar-refractivity contribution in [2.45, 2.75) is 12.5 Å². The highest BCUT2D eigenvalue weighted by Crippen LogP contribution is 2.22. The van der Waals surface area contributed by atoms with Gasteiger partial charge in [0.2, 0.25) is 0 Å². The van der Waals surface area contributed by atoms with Gasteiger partial charge in [0.15, 0.2) is 0 Å². The first-order chi connectivity index (χ1) is 8.76. The van der Waals surface area contributed by atoms with Gasteiger partial charge in [-0.25, -0.2) is 0 Å². The number of carbonyl (C=O) groups excluding carboxylic acids is 1. The molecule has 2 rings (SSSR count). The van der Waals surface area contributed by atoms with Gasteiger partial charge in [-0.05, 0) is 24.3 Å². The van der Waals surface area contributed by atoms with E-state index in [1.165, 1.54) is 0 Å². The monoisotopic (exact) mass is 251 g/mol. The minimum absolute atomic E-state index is 0.0488. The second-order valence-corrected chi connectivity index (χ2v) is 4.06. The molecule has 0 bridgehead atoms. The van der Waals surface area contributed by atoms with Crippen LogP contribution in [0.2, 0.25) is 0 Å². The molecular weight excluding hydrogens is 234 g/mol. The van der Waals surface area contributed by atoms with Gasteiger partial charge in [0.05, 0.1) is 13.7 Å². The molecule has 1 heterocycles. The second-order valence-electron chi connectivity index (χ2n) is 4.06. The first-order valence-electron chi connectivity index (χ1n) is 5.94. The molecule has 1 aliphatic heterocycles. The predicted octanol–water partition coefficient (Wildman–Crippen LogP) is 0.809. The second kappa shape index (κ2) is 5.84. The third kappa shape index (κ3) is 2.63. The maximum Gasteiger partial charge on any atom is 0.256 e. The Morgan fingerprint density at radius 3 is 2.78 bits per heavy atom. The fourth-order valence-electron chi connectivity index (χ4n) is 1.98. The molecule has 18 heavy (non-hydrogen) atoms. The van der Waals surface area contributed by atoms with Gasteiger partial charge in [0, 0.05) is 25.3 Å². The Morgan fingerprint density at radius 1 is 1.44 bits per heavy atom. The van der Waals surface area contributed by atoms with Crippen LogP contribution in [0.15, 0.2) is 24.3 Å². The molecule has 1 aliphatic rings. The third-order valence-electron chi connectivity index (χ3n) is 2.95. The number of hydrogen-bond donors (Lipinski definition) is 1. The van der Waals surface area contributed by atoms with E-state index in [4.69, 9.17) is 14.6 Å². The lowest BCUT2D eigenvalue weighted by Crippen LogP contribution is -2.48. The lowest BCUT2D eigenvalue weighted by atomic mass is 10.1. The van der Waals surface area contributed by atoms with Crippen LogP contribution in [0.25, 0.3) is 0 Å². The number of rotatable bonds is 4. The summed E-state index contributed by atoms with van der Waals surface area (Å²) in [6.45, 7) is 0.975. The molecule has 1 amide bonds. The Kier molecular flexibility index (Phi) is 4.17. The number of benzene rings is 1. The quantitative estimate of drug-likeness (QED) is 0.860. The highest BCUT2D eigenvalue weighted by Gasteiger charge is 2.29. The molecule has 1 fully saturated rings. The lowest BCUT2D eigenvalue weighted by Gasteiger charge is -2.32. The van der Waals surface area contributed by atoms with Crippen LogP contribution >= 0.6 is 0 Å². The van der Waals surface area contributed by atoms with Gasteiger partial charge >= 0.3 is 0 Å².